The number of non-ortho nitro benzene ring substituents is 1. The third-order valence-electron chi connectivity index (χ3n) is 4.43. The molecular formula is C23H19BrN2O6. The van der Waals surface area contributed by atoms with E-state index in [0.717, 1.165) is 0 Å². The average Bonchev–Trinajstić information content (AvgIpc) is 3.24. The number of carbonyl (C=O) groups excluding carboxylic acids is 2. The molecule has 0 unspecified atom stereocenters. The van der Waals surface area contributed by atoms with Crippen molar-refractivity contribution in [1.82, 2.24) is 4.90 Å². The molecule has 3 aromatic rings. The van der Waals surface area contributed by atoms with Crippen molar-refractivity contribution >= 4 is 39.4 Å². The molecule has 1 aromatic heterocycles. The molecule has 0 radical (unpaired) electrons. The molecule has 0 atom stereocenters. The highest BCUT2D eigenvalue weighted by Gasteiger charge is 2.13. The van der Waals surface area contributed by atoms with Gasteiger partial charge in [0, 0.05) is 41.8 Å². The summed E-state index contributed by atoms with van der Waals surface area (Å²) in [5, 5.41) is 10.9. The molecule has 2 aromatic carbocycles. The molecule has 3 rings (SSSR count). The molecule has 164 valence electrons. The summed E-state index contributed by atoms with van der Waals surface area (Å²) in [4.78, 5) is 36.0. The third kappa shape index (κ3) is 5.70. The highest BCUT2D eigenvalue weighted by atomic mass is 79.9. The molecule has 9 heteroatoms. The van der Waals surface area contributed by atoms with Gasteiger partial charge in [-0.05, 0) is 58.4 Å². The molecular weight excluding hydrogens is 480 g/mol. The zero-order chi connectivity index (χ0) is 23.3. The van der Waals surface area contributed by atoms with Crippen LogP contribution < -0.4 is 4.74 Å². The number of ketones is 1. The predicted molar refractivity (Wildman–Crippen MR) is 122 cm³/mol. The second-order valence-corrected chi connectivity index (χ2v) is 7.78. The SMILES string of the molecule is CN(C)C(=O)COc1cccc(C(=O)/C=C/c2ccc(-c3ccc([N+](=O)[O-])cc3Br)o2)c1. The van der Waals surface area contributed by atoms with E-state index in [9.17, 15) is 19.7 Å². The van der Waals surface area contributed by atoms with Crippen LogP contribution in [-0.2, 0) is 4.79 Å². The summed E-state index contributed by atoms with van der Waals surface area (Å²) in [5.74, 6) is 0.920. The van der Waals surface area contributed by atoms with E-state index in [2.05, 4.69) is 15.9 Å². The number of carbonyl (C=O) groups is 2. The van der Waals surface area contributed by atoms with Crippen LogP contribution in [0.1, 0.15) is 16.1 Å². The minimum atomic E-state index is -0.476. The van der Waals surface area contributed by atoms with Gasteiger partial charge < -0.3 is 14.1 Å². The average molecular weight is 499 g/mol. The Morgan fingerprint density at radius 2 is 1.94 bits per heavy atom. The van der Waals surface area contributed by atoms with E-state index in [-0.39, 0.29) is 24.0 Å². The lowest BCUT2D eigenvalue weighted by atomic mass is 10.1. The molecule has 32 heavy (non-hydrogen) atoms. The van der Waals surface area contributed by atoms with E-state index in [4.69, 9.17) is 9.15 Å². The summed E-state index contributed by atoms with van der Waals surface area (Å²) in [5.41, 5.74) is 1.02. The van der Waals surface area contributed by atoms with E-state index in [1.165, 1.54) is 29.2 Å². The zero-order valence-electron chi connectivity index (χ0n) is 17.3. The van der Waals surface area contributed by atoms with E-state index in [0.29, 0.717) is 32.9 Å². The molecule has 0 aliphatic heterocycles. The summed E-state index contributed by atoms with van der Waals surface area (Å²) in [7, 11) is 3.27. The molecule has 0 spiro atoms. The first-order valence-electron chi connectivity index (χ1n) is 9.44. The topological polar surface area (TPSA) is 103 Å². The Bertz CT molecular complexity index is 1200. The van der Waals surface area contributed by atoms with Crippen molar-refractivity contribution in [3.05, 3.63) is 86.6 Å². The number of amides is 1. The lowest BCUT2D eigenvalue weighted by Gasteiger charge is -2.11. The van der Waals surface area contributed by atoms with Crippen LogP contribution in [0.15, 0.2) is 69.6 Å². The fraction of sp³-hybridized carbons (Fsp3) is 0.130. The number of hydrogen-bond acceptors (Lipinski definition) is 6. The molecule has 1 amide bonds. The van der Waals surface area contributed by atoms with Gasteiger partial charge in [-0.15, -0.1) is 0 Å². The second-order valence-electron chi connectivity index (χ2n) is 6.93. The normalized spacial score (nSPS) is 10.8. The number of allylic oxidation sites excluding steroid dienone is 1. The summed E-state index contributed by atoms with van der Waals surface area (Å²) >= 11 is 3.32. The molecule has 0 aliphatic carbocycles. The first-order valence-corrected chi connectivity index (χ1v) is 10.2. The van der Waals surface area contributed by atoms with Gasteiger partial charge in [0.25, 0.3) is 11.6 Å². The van der Waals surface area contributed by atoms with Crippen molar-refractivity contribution in [2.75, 3.05) is 20.7 Å². The third-order valence-corrected chi connectivity index (χ3v) is 5.09. The first kappa shape index (κ1) is 23.0. The van der Waals surface area contributed by atoms with Crippen molar-refractivity contribution in [2.45, 2.75) is 0 Å². The molecule has 0 saturated carbocycles. The lowest BCUT2D eigenvalue weighted by molar-refractivity contribution is -0.384. The number of halogens is 1. The van der Waals surface area contributed by atoms with E-state index >= 15 is 0 Å². The van der Waals surface area contributed by atoms with Crippen molar-refractivity contribution in [3.8, 4) is 17.1 Å². The maximum absolute atomic E-state index is 12.5. The lowest BCUT2D eigenvalue weighted by Crippen LogP contribution is -2.27. The number of hydrogen-bond donors (Lipinski definition) is 0. The van der Waals surface area contributed by atoms with Crippen LogP contribution in [0.3, 0.4) is 0 Å². The maximum Gasteiger partial charge on any atom is 0.270 e. The molecule has 8 nitrogen and oxygen atoms in total. The first-order chi connectivity index (χ1) is 15.2. The number of nitro benzene ring substituents is 1. The van der Waals surface area contributed by atoms with E-state index in [1.807, 2.05) is 0 Å². The number of likely N-dealkylation sites (N-methyl/N-ethyl adjacent to an activating group) is 1. The number of rotatable bonds is 8. The van der Waals surface area contributed by atoms with Crippen molar-refractivity contribution in [2.24, 2.45) is 0 Å². The molecule has 0 bridgehead atoms. The Morgan fingerprint density at radius 1 is 1.16 bits per heavy atom. The Balaban J connectivity index is 1.69. The van der Waals surface area contributed by atoms with Crippen LogP contribution in [-0.4, -0.2) is 42.2 Å². The summed E-state index contributed by atoms with van der Waals surface area (Å²) in [6.45, 7) is -0.117. The minimum absolute atomic E-state index is 0.0322. The Morgan fingerprint density at radius 3 is 2.62 bits per heavy atom. The molecule has 1 heterocycles. The number of benzene rings is 2. The van der Waals surface area contributed by atoms with Gasteiger partial charge in [-0.1, -0.05) is 12.1 Å². The Kier molecular flexibility index (Phi) is 7.21. The van der Waals surface area contributed by atoms with Crippen LogP contribution in [0, 0.1) is 10.1 Å². The number of furan rings is 1. The maximum atomic E-state index is 12.5. The van der Waals surface area contributed by atoms with Gasteiger partial charge in [-0.3, -0.25) is 19.7 Å². The van der Waals surface area contributed by atoms with Gasteiger partial charge in [0.2, 0.25) is 0 Å². The van der Waals surface area contributed by atoms with E-state index < -0.39 is 4.92 Å². The Labute approximate surface area is 192 Å². The smallest absolute Gasteiger partial charge is 0.270 e. The molecule has 0 fully saturated rings. The molecule has 0 saturated heterocycles. The van der Waals surface area contributed by atoms with Crippen molar-refractivity contribution in [1.29, 1.82) is 0 Å². The standard InChI is InChI=1S/C23H19BrN2O6/c1-25(2)23(28)14-31-18-5-3-4-15(12-18)21(27)10-7-17-8-11-22(32-17)19-9-6-16(26(29)30)13-20(19)24/h3-13H,14H2,1-2H3/b10-7+. The highest BCUT2D eigenvalue weighted by molar-refractivity contribution is 9.10. The summed E-state index contributed by atoms with van der Waals surface area (Å²) in [6.07, 6.45) is 2.91. The quantitative estimate of drug-likeness (QED) is 0.188. The van der Waals surface area contributed by atoms with Gasteiger partial charge in [-0.25, -0.2) is 0 Å². The fourth-order valence-electron chi connectivity index (χ4n) is 2.67. The van der Waals surface area contributed by atoms with Crippen molar-refractivity contribution in [3.63, 3.8) is 0 Å². The van der Waals surface area contributed by atoms with Gasteiger partial charge in [0.05, 0.1) is 4.92 Å². The number of nitrogens with zero attached hydrogens (tertiary/aromatic N) is 2. The van der Waals surface area contributed by atoms with Gasteiger partial charge in [0.15, 0.2) is 12.4 Å². The number of nitro groups is 1. The van der Waals surface area contributed by atoms with Gasteiger partial charge in [0.1, 0.15) is 17.3 Å². The molecule has 0 N–H and O–H groups in total. The second kappa shape index (κ2) is 10.1. The fourth-order valence-corrected chi connectivity index (χ4v) is 3.23. The molecule has 0 aliphatic rings. The monoisotopic (exact) mass is 498 g/mol. The Hall–Kier alpha value is -3.72. The van der Waals surface area contributed by atoms with Crippen LogP contribution in [0.25, 0.3) is 17.4 Å². The zero-order valence-corrected chi connectivity index (χ0v) is 18.9. The number of ether oxygens (including phenoxy) is 1. The van der Waals surface area contributed by atoms with Gasteiger partial charge in [-0.2, -0.15) is 0 Å². The minimum Gasteiger partial charge on any atom is -0.484 e. The van der Waals surface area contributed by atoms with Crippen molar-refractivity contribution < 1.29 is 23.7 Å². The van der Waals surface area contributed by atoms with E-state index in [1.54, 1.807) is 56.6 Å². The predicted octanol–water partition coefficient (Wildman–Crippen LogP) is 4.98. The van der Waals surface area contributed by atoms with Gasteiger partial charge >= 0.3 is 0 Å². The highest BCUT2D eigenvalue weighted by Crippen LogP contribution is 2.32. The summed E-state index contributed by atoms with van der Waals surface area (Å²) < 4.78 is 11.7. The van der Waals surface area contributed by atoms with Crippen LogP contribution in [0.4, 0.5) is 5.69 Å². The summed E-state index contributed by atoms with van der Waals surface area (Å²) in [6, 6.07) is 14.3. The van der Waals surface area contributed by atoms with Crippen LogP contribution in [0.2, 0.25) is 0 Å². The largest absolute Gasteiger partial charge is 0.484 e. The van der Waals surface area contributed by atoms with Crippen LogP contribution in [0.5, 0.6) is 5.75 Å². The van der Waals surface area contributed by atoms with Crippen LogP contribution >= 0.6 is 15.9 Å².